The summed E-state index contributed by atoms with van der Waals surface area (Å²) >= 11 is 6.07. The first-order valence-electron chi connectivity index (χ1n) is 8.27. The molecule has 0 spiro atoms. The van der Waals surface area contributed by atoms with Gasteiger partial charge in [0.2, 0.25) is 5.91 Å². The molecule has 0 atom stereocenters. The largest absolute Gasteiger partial charge is 0.497 e. The van der Waals surface area contributed by atoms with E-state index in [1.54, 1.807) is 13.2 Å². The average molecular weight is 355 g/mol. The predicted molar refractivity (Wildman–Crippen MR) is 101 cm³/mol. The lowest BCUT2D eigenvalue weighted by Gasteiger charge is -2.16. The van der Waals surface area contributed by atoms with Crippen LogP contribution in [0.1, 0.15) is 24.0 Å². The lowest BCUT2D eigenvalue weighted by molar-refractivity contribution is -0.118. The number of benzene rings is 2. The van der Waals surface area contributed by atoms with Gasteiger partial charge < -0.3 is 15.0 Å². The molecule has 0 aliphatic heterocycles. The average Bonchev–Trinajstić information content (AvgIpc) is 3.31. The summed E-state index contributed by atoms with van der Waals surface area (Å²) in [5, 5.41) is 4.72. The first-order chi connectivity index (χ1) is 12.0. The van der Waals surface area contributed by atoms with Crippen LogP contribution in [0, 0.1) is 6.92 Å². The van der Waals surface area contributed by atoms with Gasteiger partial charge in [0.25, 0.3) is 0 Å². The smallest absolute Gasteiger partial charge is 0.235 e. The molecular formula is C20H19ClN2O2. The maximum absolute atomic E-state index is 13.1. The zero-order chi connectivity index (χ0) is 17.6. The molecule has 0 unspecified atom stereocenters. The van der Waals surface area contributed by atoms with Crippen molar-refractivity contribution in [1.82, 2.24) is 4.98 Å². The maximum Gasteiger partial charge on any atom is 0.235 e. The second-order valence-corrected chi connectivity index (χ2v) is 7.05. The van der Waals surface area contributed by atoms with E-state index >= 15 is 0 Å². The van der Waals surface area contributed by atoms with Gasteiger partial charge in [0, 0.05) is 27.8 Å². The number of nitrogens with one attached hydrogen (secondary N) is 2. The molecule has 4 rings (SSSR count). The van der Waals surface area contributed by atoms with E-state index in [0.29, 0.717) is 5.02 Å². The van der Waals surface area contributed by atoms with Crippen molar-refractivity contribution >= 4 is 34.1 Å². The van der Waals surface area contributed by atoms with Gasteiger partial charge in [-0.1, -0.05) is 17.7 Å². The van der Waals surface area contributed by atoms with E-state index in [0.717, 1.165) is 46.3 Å². The molecular weight excluding hydrogens is 336 g/mol. The van der Waals surface area contributed by atoms with E-state index in [9.17, 15) is 4.79 Å². The summed E-state index contributed by atoms with van der Waals surface area (Å²) in [6.07, 6.45) is 3.62. The third-order valence-electron chi connectivity index (χ3n) is 5.04. The maximum atomic E-state index is 13.1. The molecule has 5 heteroatoms. The first-order valence-corrected chi connectivity index (χ1v) is 8.64. The molecule has 1 amide bonds. The van der Waals surface area contributed by atoms with Gasteiger partial charge in [0.15, 0.2) is 0 Å². The van der Waals surface area contributed by atoms with Crippen LogP contribution in [-0.4, -0.2) is 18.0 Å². The molecule has 0 bridgehead atoms. The van der Waals surface area contributed by atoms with E-state index in [2.05, 4.69) is 10.3 Å². The van der Waals surface area contributed by atoms with Gasteiger partial charge >= 0.3 is 0 Å². The van der Waals surface area contributed by atoms with Crippen LogP contribution in [0.2, 0.25) is 5.02 Å². The Morgan fingerprint density at radius 3 is 2.76 bits per heavy atom. The molecule has 0 saturated heterocycles. The quantitative estimate of drug-likeness (QED) is 0.706. The Labute approximate surface area is 151 Å². The Balaban J connectivity index is 1.70. The van der Waals surface area contributed by atoms with Crippen LogP contribution in [0.25, 0.3) is 10.9 Å². The molecule has 25 heavy (non-hydrogen) atoms. The van der Waals surface area contributed by atoms with Gasteiger partial charge in [-0.3, -0.25) is 4.79 Å². The van der Waals surface area contributed by atoms with Crippen LogP contribution in [0.5, 0.6) is 5.75 Å². The van der Waals surface area contributed by atoms with Gasteiger partial charge in [0.1, 0.15) is 5.75 Å². The molecule has 1 aliphatic carbocycles. The third kappa shape index (κ3) is 2.67. The molecule has 2 aromatic carbocycles. The lowest BCUT2D eigenvalue weighted by atomic mass is 9.94. The minimum Gasteiger partial charge on any atom is -0.497 e. The van der Waals surface area contributed by atoms with E-state index in [4.69, 9.17) is 16.3 Å². The van der Waals surface area contributed by atoms with Crippen molar-refractivity contribution in [3.05, 3.63) is 58.7 Å². The third-order valence-corrected chi connectivity index (χ3v) is 5.27. The Bertz CT molecular complexity index is 973. The number of aryl methyl sites for hydroxylation is 1. The lowest BCUT2D eigenvalue weighted by Crippen LogP contribution is -2.28. The van der Waals surface area contributed by atoms with Crippen molar-refractivity contribution in [2.75, 3.05) is 12.4 Å². The number of hydrogen-bond donors (Lipinski definition) is 2. The van der Waals surface area contributed by atoms with Crippen LogP contribution >= 0.6 is 11.6 Å². The number of carbonyl (C=O) groups is 1. The summed E-state index contributed by atoms with van der Waals surface area (Å²) in [6.45, 7) is 1.96. The molecule has 2 N–H and O–H groups in total. The summed E-state index contributed by atoms with van der Waals surface area (Å²) in [5.74, 6) is 0.803. The molecule has 3 aromatic rings. The first kappa shape index (κ1) is 16.0. The number of fused-ring (bicyclic) bond motifs is 1. The van der Waals surface area contributed by atoms with Crippen LogP contribution in [0.3, 0.4) is 0 Å². The molecule has 128 valence electrons. The van der Waals surface area contributed by atoms with Crippen molar-refractivity contribution in [2.45, 2.75) is 25.2 Å². The summed E-state index contributed by atoms with van der Waals surface area (Å²) in [7, 11) is 1.65. The van der Waals surface area contributed by atoms with Crippen molar-refractivity contribution in [3.8, 4) is 5.75 Å². The minimum absolute atomic E-state index is 0.0154. The molecule has 1 aromatic heterocycles. The van der Waals surface area contributed by atoms with E-state index < -0.39 is 5.41 Å². The van der Waals surface area contributed by atoms with E-state index in [1.165, 1.54) is 0 Å². The van der Waals surface area contributed by atoms with Gasteiger partial charge in [-0.05, 0) is 61.2 Å². The zero-order valence-corrected chi connectivity index (χ0v) is 14.9. The summed E-state index contributed by atoms with van der Waals surface area (Å²) in [5.41, 5.74) is 3.31. The number of amides is 1. The number of ether oxygens (including phenoxy) is 1. The fraction of sp³-hybridized carbons (Fsp3) is 0.250. The number of halogens is 1. The standard InChI is InChI=1S/C20H19ClN2O2/c1-12-3-4-13(21)9-18(12)23-19(24)20(7-8-20)16-11-22-17-6-5-14(25-2)10-15(16)17/h3-6,9-11,22H,7-8H2,1-2H3,(H,23,24). The monoisotopic (exact) mass is 354 g/mol. The summed E-state index contributed by atoms with van der Waals surface area (Å²) in [4.78, 5) is 16.3. The number of hydrogen-bond acceptors (Lipinski definition) is 2. The topological polar surface area (TPSA) is 54.1 Å². The normalized spacial score (nSPS) is 15.2. The minimum atomic E-state index is -0.487. The number of rotatable bonds is 4. The fourth-order valence-corrected chi connectivity index (χ4v) is 3.51. The Morgan fingerprint density at radius 2 is 2.04 bits per heavy atom. The van der Waals surface area contributed by atoms with Crippen molar-refractivity contribution in [3.63, 3.8) is 0 Å². The highest BCUT2D eigenvalue weighted by molar-refractivity contribution is 6.31. The van der Waals surface area contributed by atoms with Gasteiger partial charge in [-0.2, -0.15) is 0 Å². The number of anilines is 1. The zero-order valence-electron chi connectivity index (χ0n) is 14.2. The van der Waals surface area contributed by atoms with Gasteiger partial charge in [-0.15, -0.1) is 0 Å². The number of methoxy groups -OCH3 is 1. The second-order valence-electron chi connectivity index (χ2n) is 6.61. The molecule has 1 fully saturated rings. The van der Waals surface area contributed by atoms with Crippen LogP contribution in [0.4, 0.5) is 5.69 Å². The van der Waals surface area contributed by atoms with Crippen LogP contribution in [0.15, 0.2) is 42.6 Å². The molecule has 4 nitrogen and oxygen atoms in total. The molecule has 1 aliphatic rings. The summed E-state index contributed by atoms with van der Waals surface area (Å²) < 4.78 is 5.34. The van der Waals surface area contributed by atoms with Crippen molar-refractivity contribution in [1.29, 1.82) is 0 Å². The van der Waals surface area contributed by atoms with Crippen LogP contribution in [-0.2, 0) is 10.2 Å². The highest BCUT2D eigenvalue weighted by Gasteiger charge is 2.52. The number of aromatic amines is 1. The Kier molecular flexibility index (Phi) is 3.73. The number of aromatic nitrogens is 1. The molecule has 0 radical (unpaired) electrons. The second kappa shape index (κ2) is 5.81. The number of H-pyrrole nitrogens is 1. The van der Waals surface area contributed by atoms with Crippen molar-refractivity contribution < 1.29 is 9.53 Å². The highest BCUT2D eigenvalue weighted by Crippen LogP contribution is 2.51. The predicted octanol–water partition coefficient (Wildman–Crippen LogP) is 4.81. The Morgan fingerprint density at radius 1 is 1.24 bits per heavy atom. The number of carbonyl (C=O) groups excluding carboxylic acids is 1. The highest BCUT2D eigenvalue weighted by atomic mass is 35.5. The van der Waals surface area contributed by atoms with Crippen LogP contribution < -0.4 is 10.1 Å². The molecule has 1 saturated carbocycles. The van der Waals surface area contributed by atoms with Gasteiger partial charge in [-0.25, -0.2) is 0 Å². The van der Waals surface area contributed by atoms with Crippen molar-refractivity contribution in [2.24, 2.45) is 0 Å². The van der Waals surface area contributed by atoms with Gasteiger partial charge in [0.05, 0.1) is 12.5 Å². The Hall–Kier alpha value is -2.46. The van der Waals surface area contributed by atoms with E-state index in [-0.39, 0.29) is 5.91 Å². The SMILES string of the molecule is COc1ccc2[nH]cc(C3(C(=O)Nc4cc(Cl)ccc4C)CC3)c2c1. The van der Waals surface area contributed by atoms with E-state index in [1.807, 2.05) is 43.5 Å². The summed E-state index contributed by atoms with van der Waals surface area (Å²) in [6, 6.07) is 11.4. The fourth-order valence-electron chi connectivity index (χ4n) is 3.34. The molecule has 1 heterocycles.